The molecular weight excluding hydrogens is 572 g/mol. The normalized spacial score (nSPS) is 17.8. The minimum absolute atomic E-state index is 0.115. The fourth-order valence-corrected chi connectivity index (χ4v) is 5.43. The number of aliphatic carboxylic acids is 3. The van der Waals surface area contributed by atoms with Crippen LogP contribution in [0.3, 0.4) is 0 Å². The van der Waals surface area contributed by atoms with Crippen LogP contribution in [0.2, 0.25) is 0 Å². The number of hydrogen-bond donors (Lipinski definition) is 5. The summed E-state index contributed by atoms with van der Waals surface area (Å²) in [4.78, 5) is 51.0. The number of aromatic carboxylic acids is 1. The highest BCUT2D eigenvalue weighted by molar-refractivity contribution is 5.87. The van der Waals surface area contributed by atoms with E-state index in [-0.39, 0.29) is 31.2 Å². The zero-order valence-electron chi connectivity index (χ0n) is 25.7. The van der Waals surface area contributed by atoms with Crippen molar-refractivity contribution in [1.82, 2.24) is 20.0 Å². The Morgan fingerprint density at radius 1 is 0.682 bits per heavy atom. The first-order valence-electron chi connectivity index (χ1n) is 15.6. The van der Waals surface area contributed by atoms with Crippen molar-refractivity contribution in [2.45, 2.75) is 63.8 Å². The molecule has 1 aliphatic heterocycles. The molecule has 13 heteroatoms. The van der Waals surface area contributed by atoms with Gasteiger partial charge in [-0.3, -0.25) is 29.1 Å². The van der Waals surface area contributed by atoms with Gasteiger partial charge in [-0.05, 0) is 37.1 Å². The molecule has 0 spiro atoms. The van der Waals surface area contributed by atoms with Crippen molar-refractivity contribution < 1.29 is 44.3 Å². The van der Waals surface area contributed by atoms with Gasteiger partial charge >= 0.3 is 23.9 Å². The standard InChI is InChI=1S/C31H50N4O9/c36-28(37)22-33-16-14-32-15-17-35(24-30(40)41)26(21-34(19-18-33)23-29(38)39)9-7-5-3-1-2-4-6-8-20-44-27-12-10-25(11-13-27)31(42)43/h10-13,26,32H,1-9,14-24H2,(H,36,37)(H,38,39)(H,40,41)(H,42,43). The maximum absolute atomic E-state index is 11.7. The van der Waals surface area contributed by atoms with Gasteiger partial charge in [0.25, 0.3) is 0 Å². The van der Waals surface area contributed by atoms with Crippen molar-refractivity contribution >= 4 is 23.9 Å². The summed E-state index contributed by atoms with van der Waals surface area (Å²) < 4.78 is 5.68. The minimum Gasteiger partial charge on any atom is -0.494 e. The van der Waals surface area contributed by atoms with Gasteiger partial charge in [0.05, 0.1) is 31.8 Å². The predicted molar refractivity (Wildman–Crippen MR) is 164 cm³/mol. The number of ether oxygens (including phenoxy) is 1. The molecule has 1 saturated heterocycles. The molecule has 0 amide bonds. The van der Waals surface area contributed by atoms with Gasteiger partial charge in [-0.2, -0.15) is 0 Å². The second-order valence-electron chi connectivity index (χ2n) is 11.4. The third-order valence-electron chi connectivity index (χ3n) is 7.76. The lowest BCUT2D eigenvalue weighted by atomic mass is 10.0. The van der Waals surface area contributed by atoms with Crippen molar-refractivity contribution in [3.63, 3.8) is 0 Å². The predicted octanol–water partition coefficient (Wildman–Crippen LogP) is 2.41. The summed E-state index contributed by atoms with van der Waals surface area (Å²) in [6.07, 6.45) is 9.06. The molecule has 0 saturated carbocycles. The van der Waals surface area contributed by atoms with Gasteiger partial charge in [0.1, 0.15) is 5.75 Å². The number of carboxylic acid groups (broad SMARTS) is 4. The van der Waals surface area contributed by atoms with E-state index in [1.54, 1.807) is 21.9 Å². The molecule has 5 N–H and O–H groups in total. The highest BCUT2D eigenvalue weighted by Gasteiger charge is 2.25. The first kappa shape index (κ1) is 36.9. The summed E-state index contributed by atoms with van der Waals surface area (Å²) in [7, 11) is 0. The fourth-order valence-electron chi connectivity index (χ4n) is 5.43. The van der Waals surface area contributed by atoms with Crippen LogP contribution in [0.5, 0.6) is 5.75 Å². The summed E-state index contributed by atoms with van der Waals surface area (Å²) in [5, 5.41) is 40.6. The Hall–Kier alpha value is -3.26. The van der Waals surface area contributed by atoms with Crippen LogP contribution >= 0.6 is 0 Å². The van der Waals surface area contributed by atoms with E-state index in [0.717, 1.165) is 57.8 Å². The molecule has 1 aliphatic rings. The van der Waals surface area contributed by atoms with Crippen LogP contribution in [0.4, 0.5) is 0 Å². The highest BCUT2D eigenvalue weighted by Crippen LogP contribution is 2.16. The largest absolute Gasteiger partial charge is 0.494 e. The molecule has 0 aromatic heterocycles. The van der Waals surface area contributed by atoms with E-state index in [1.165, 1.54) is 12.1 Å². The third kappa shape index (κ3) is 16.6. The van der Waals surface area contributed by atoms with Crippen LogP contribution in [0, 0.1) is 0 Å². The monoisotopic (exact) mass is 622 g/mol. The lowest BCUT2D eigenvalue weighted by Gasteiger charge is -2.36. The van der Waals surface area contributed by atoms with Gasteiger partial charge in [0, 0.05) is 51.9 Å². The Bertz CT molecular complexity index is 1010. The van der Waals surface area contributed by atoms with Crippen LogP contribution < -0.4 is 10.1 Å². The van der Waals surface area contributed by atoms with Crippen molar-refractivity contribution in [1.29, 1.82) is 0 Å². The van der Waals surface area contributed by atoms with E-state index < -0.39 is 23.9 Å². The molecular formula is C31H50N4O9. The zero-order chi connectivity index (χ0) is 32.2. The Labute approximate surface area is 259 Å². The Balaban J connectivity index is 1.77. The Morgan fingerprint density at radius 3 is 1.84 bits per heavy atom. The molecule has 1 atom stereocenters. The van der Waals surface area contributed by atoms with Crippen molar-refractivity contribution in [3.8, 4) is 5.75 Å². The summed E-state index contributed by atoms with van der Waals surface area (Å²) in [6, 6.07) is 6.28. The van der Waals surface area contributed by atoms with Crippen LogP contribution in [0.1, 0.15) is 68.1 Å². The third-order valence-corrected chi connectivity index (χ3v) is 7.76. The second kappa shape index (κ2) is 21.4. The van der Waals surface area contributed by atoms with Crippen molar-refractivity contribution in [3.05, 3.63) is 29.8 Å². The van der Waals surface area contributed by atoms with Gasteiger partial charge < -0.3 is 30.5 Å². The molecule has 1 heterocycles. The maximum atomic E-state index is 11.7. The average molecular weight is 623 g/mol. The number of rotatable bonds is 19. The van der Waals surface area contributed by atoms with E-state index in [1.807, 2.05) is 4.90 Å². The van der Waals surface area contributed by atoms with Gasteiger partial charge in [-0.1, -0.05) is 44.9 Å². The Kier molecular flexibility index (Phi) is 18.0. The van der Waals surface area contributed by atoms with Crippen LogP contribution in [0.15, 0.2) is 24.3 Å². The number of hydrogen-bond acceptors (Lipinski definition) is 9. The summed E-state index contributed by atoms with van der Waals surface area (Å²) in [6.45, 7) is 3.53. The molecule has 13 nitrogen and oxygen atoms in total. The lowest BCUT2D eigenvalue weighted by Crippen LogP contribution is -2.52. The molecule has 1 aromatic rings. The molecule has 248 valence electrons. The quantitative estimate of drug-likeness (QED) is 0.142. The van der Waals surface area contributed by atoms with Gasteiger partial charge in [0.2, 0.25) is 0 Å². The number of nitrogens with zero attached hydrogens (tertiary/aromatic N) is 3. The number of carbonyl (C=O) groups is 4. The topological polar surface area (TPSA) is 180 Å². The van der Waals surface area contributed by atoms with Crippen molar-refractivity contribution in [2.75, 3.05) is 72.1 Å². The number of nitrogens with one attached hydrogen (secondary N) is 1. The van der Waals surface area contributed by atoms with E-state index in [0.29, 0.717) is 58.2 Å². The number of unbranched alkanes of at least 4 members (excludes halogenated alkanes) is 7. The van der Waals surface area contributed by atoms with E-state index in [2.05, 4.69) is 5.32 Å². The Morgan fingerprint density at radius 2 is 1.23 bits per heavy atom. The lowest BCUT2D eigenvalue weighted by molar-refractivity contribution is -0.141. The first-order valence-corrected chi connectivity index (χ1v) is 15.6. The first-order chi connectivity index (χ1) is 21.1. The van der Waals surface area contributed by atoms with Crippen LogP contribution in [0.25, 0.3) is 0 Å². The smallest absolute Gasteiger partial charge is 0.335 e. The maximum Gasteiger partial charge on any atom is 0.335 e. The summed E-state index contributed by atoms with van der Waals surface area (Å²) in [5.41, 5.74) is 0.236. The molecule has 1 unspecified atom stereocenters. The van der Waals surface area contributed by atoms with Gasteiger partial charge in [-0.25, -0.2) is 4.79 Å². The highest BCUT2D eigenvalue weighted by atomic mass is 16.5. The second-order valence-corrected chi connectivity index (χ2v) is 11.4. The molecule has 0 radical (unpaired) electrons. The minimum atomic E-state index is -0.965. The molecule has 1 aromatic carbocycles. The molecule has 0 aliphatic carbocycles. The van der Waals surface area contributed by atoms with E-state index in [9.17, 15) is 34.5 Å². The molecule has 1 fully saturated rings. The molecule has 44 heavy (non-hydrogen) atoms. The van der Waals surface area contributed by atoms with Gasteiger partial charge in [-0.15, -0.1) is 0 Å². The van der Waals surface area contributed by atoms with E-state index >= 15 is 0 Å². The van der Waals surface area contributed by atoms with Crippen molar-refractivity contribution in [2.24, 2.45) is 0 Å². The number of carboxylic acids is 4. The SMILES string of the molecule is O=C(O)CN1CCNCCN(CC(=O)O)C(CCCCCCCCCCOc2ccc(C(=O)O)cc2)CN(CC(=O)O)CC1. The molecule has 0 bridgehead atoms. The van der Waals surface area contributed by atoms with Crippen LogP contribution in [-0.4, -0.2) is 137 Å². The van der Waals surface area contributed by atoms with Gasteiger partial charge in [0.15, 0.2) is 0 Å². The van der Waals surface area contributed by atoms with Crippen LogP contribution in [-0.2, 0) is 14.4 Å². The van der Waals surface area contributed by atoms with E-state index in [4.69, 9.17) is 9.84 Å². The molecule has 2 rings (SSSR count). The zero-order valence-corrected chi connectivity index (χ0v) is 25.7. The average Bonchev–Trinajstić information content (AvgIpc) is 2.95. The fraction of sp³-hybridized carbons (Fsp3) is 0.677. The summed E-state index contributed by atoms with van der Waals surface area (Å²) in [5.74, 6) is -3.10. The summed E-state index contributed by atoms with van der Waals surface area (Å²) >= 11 is 0. The number of benzene rings is 1.